The summed E-state index contributed by atoms with van der Waals surface area (Å²) in [6, 6.07) is 4.25. The van der Waals surface area contributed by atoms with Crippen molar-refractivity contribution in [3.63, 3.8) is 0 Å². The first kappa shape index (κ1) is 17.3. The van der Waals surface area contributed by atoms with Crippen molar-refractivity contribution in [2.24, 2.45) is 0 Å². The first-order valence-electron chi connectivity index (χ1n) is 8.60. The molecule has 1 saturated heterocycles. The van der Waals surface area contributed by atoms with E-state index in [-0.39, 0.29) is 23.8 Å². The molecule has 1 atom stereocenters. The maximum absolute atomic E-state index is 13.4. The van der Waals surface area contributed by atoms with Gasteiger partial charge in [0.25, 0.3) is 0 Å². The molecule has 25 heavy (non-hydrogen) atoms. The van der Waals surface area contributed by atoms with E-state index in [0.717, 1.165) is 29.4 Å². The van der Waals surface area contributed by atoms with Gasteiger partial charge in [0.15, 0.2) is 0 Å². The van der Waals surface area contributed by atoms with E-state index in [1.165, 1.54) is 12.1 Å². The van der Waals surface area contributed by atoms with Crippen molar-refractivity contribution in [1.29, 1.82) is 0 Å². The molecule has 3 rings (SSSR count). The fourth-order valence-electron chi connectivity index (χ4n) is 3.22. The summed E-state index contributed by atoms with van der Waals surface area (Å²) in [5.74, 6) is -0.120. The molecule has 0 aliphatic carbocycles. The Balaban J connectivity index is 1.44. The lowest BCUT2D eigenvalue weighted by Crippen LogP contribution is -2.46. The van der Waals surface area contributed by atoms with Crippen molar-refractivity contribution in [3.8, 4) is 0 Å². The topological polar surface area (TPSA) is 77.2 Å². The normalized spacial score (nSPS) is 15.6. The van der Waals surface area contributed by atoms with Crippen LogP contribution < -0.4 is 10.6 Å². The average Bonchev–Trinajstić information content (AvgIpc) is 3.14. The lowest BCUT2D eigenvalue weighted by Gasteiger charge is -2.21. The first-order valence-corrected chi connectivity index (χ1v) is 8.60. The molecule has 2 heterocycles. The number of aromatic nitrogens is 1. The van der Waals surface area contributed by atoms with Gasteiger partial charge in [-0.25, -0.2) is 9.18 Å². The number of benzene rings is 1. The van der Waals surface area contributed by atoms with Crippen molar-refractivity contribution in [3.05, 3.63) is 35.8 Å². The minimum atomic E-state index is -0.274. The third-order valence-electron chi connectivity index (χ3n) is 4.45. The number of fused-ring (bicyclic) bond motifs is 1. The first-order chi connectivity index (χ1) is 12.0. The van der Waals surface area contributed by atoms with E-state index in [0.29, 0.717) is 25.9 Å². The zero-order valence-electron chi connectivity index (χ0n) is 14.3. The molecule has 1 fully saturated rings. The van der Waals surface area contributed by atoms with Gasteiger partial charge in [-0.15, -0.1) is 0 Å². The molecule has 0 bridgehead atoms. The van der Waals surface area contributed by atoms with Crippen LogP contribution in [0.1, 0.15) is 25.3 Å². The van der Waals surface area contributed by atoms with Crippen LogP contribution >= 0.6 is 0 Å². The SMILES string of the molecule is C[C@@H](CN1CCCC1=O)NC(=O)NCCc1c[nH]c2ccc(F)cc12. The van der Waals surface area contributed by atoms with Gasteiger partial charge in [-0.3, -0.25) is 4.79 Å². The standard InChI is InChI=1S/C18H23FN4O2/c1-12(11-23-8-2-3-17(23)24)22-18(25)20-7-6-13-10-21-16-5-4-14(19)9-15(13)16/h4-5,9-10,12,21H,2-3,6-8,11H2,1H3,(H2,20,22,25)/t12-/m0/s1. The van der Waals surface area contributed by atoms with Crippen LogP contribution in [0, 0.1) is 5.82 Å². The van der Waals surface area contributed by atoms with Crippen LogP contribution in [0.25, 0.3) is 10.9 Å². The fourth-order valence-corrected chi connectivity index (χ4v) is 3.22. The van der Waals surface area contributed by atoms with Gasteiger partial charge in [0.1, 0.15) is 5.82 Å². The van der Waals surface area contributed by atoms with Gasteiger partial charge < -0.3 is 20.5 Å². The van der Waals surface area contributed by atoms with Crippen LogP contribution in [0.5, 0.6) is 0 Å². The van der Waals surface area contributed by atoms with Crippen molar-refractivity contribution in [1.82, 2.24) is 20.5 Å². The highest BCUT2D eigenvalue weighted by Gasteiger charge is 2.22. The third-order valence-corrected chi connectivity index (χ3v) is 4.45. The molecule has 0 saturated carbocycles. The molecule has 2 aromatic rings. The summed E-state index contributed by atoms with van der Waals surface area (Å²) < 4.78 is 13.4. The summed E-state index contributed by atoms with van der Waals surface area (Å²) in [5, 5.41) is 6.48. The van der Waals surface area contributed by atoms with Crippen molar-refractivity contribution >= 4 is 22.8 Å². The van der Waals surface area contributed by atoms with Crippen LogP contribution in [0.3, 0.4) is 0 Å². The number of hydrogen-bond donors (Lipinski definition) is 3. The van der Waals surface area contributed by atoms with E-state index in [2.05, 4.69) is 15.6 Å². The number of nitrogens with one attached hydrogen (secondary N) is 3. The molecular weight excluding hydrogens is 323 g/mol. The van der Waals surface area contributed by atoms with Crippen LogP contribution in [0.2, 0.25) is 0 Å². The van der Waals surface area contributed by atoms with Gasteiger partial charge in [-0.1, -0.05) is 0 Å². The number of amides is 3. The number of carbonyl (C=O) groups excluding carboxylic acids is 2. The Morgan fingerprint density at radius 2 is 2.28 bits per heavy atom. The predicted octanol–water partition coefficient (Wildman–Crippen LogP) is 2.16. The molecule has 1 aromatic carbocycles. The van der Waals surface area contributed by atoms with Gasteiger partial charge in [0.2, 0.25) is 5.91 Å². The molecule has 1 aliphatic rings. The molecule has 0 radical (unpaired) electrons. The zero-order chi connectivity index (χ0) is 17.8. The maximum Gasteiger partial charge on any atom is 0.315 e. The van der Waals surface area contributed by atoms with E-state index in [1.54, 1.807) is 11.0 Å². The van der Waals surface area contributed by atoms with Crippen molar-refractivity contribution < 1.29 is 14.0 Å². The summed E-state index contributed by atoms with van der Waals surface area (Å²) in [5.41, 5.74) is 1.84. The lowest BCUT2D eigenvalue weighted by atomic mass is 10.1. The van der Waals surface area contributed by atoms with E-state index in [1.807, 2.05) is 13.1 Å². The van der Waals surface area contributed by atoms with Crippen LogP contribution in [-0.2, 0) is 11.2 Å². The lowest BCUT2D eigenvalue weighted by molar-refractivity contribution is -0.127. The summed E-state index contributed by atoms with van der Waals surface area (Å²) in [6.45, 7) is 3.63. The Bertz CT molecular complexity index is 774. The Labute approximate surface area is 145 Å². The Hall–Kier alpha value is -2.57. The number of aromatic amines is 1. The molecule has 0 unspecified atom stereocenters. The van der Waals surface area contributed by atoms with Crippen LogP contribution in [0.15, 0.2) is 24.4 Å². The molecule has 1 aromatic heterocycles. The van der Waals surface area contributed by atoms with Crippen LogP contribution in [-0.4, -0.2) is 47.5 Å². The highest BCUT2D eigenvalue weighted by Crippen LogP contribution is 2.19. The largest absolute Gasteiger partial charge is 0.361 e. The fraction of sp³-hybridized carbons (Fsp3) is 0.444. The number of urea groups is 1. The quantitative estimate of drug-likeness (QED) is 0.750. The smallest absolute Gasteiger partial charge is 0.315 e. The number of hydrogen-bond acceptors (Lipinski definition) is 2. The number of halogens is 1. The summed E-state index contributed by atoms with van der Waals surface area (Å²) in [7, 11) is 0. The second-order valence-corrected chi connectivity index (χ2v) is 6.50. The number of H-pyrrole nitrogens is 1. The highest BCUT2D eigenvalue weighted by atomic mass is 19.1. The van der Waals surface area contributed by atoms with Crippen LogP contribution in [0.4, 0.5) is 9.18 Å². The summed E-state index contributed by atoms with van der Waals surface area (Å²) >= 11 is 0. The molecular formula is C18H23FN4O2. The molecule has 7 heteroatoms. The van der Waals surface area contributed by atoms with E-state index < -0.39 is 0 Å². The van der Waals surface area contributed by atoms with Gasteiger partial charge in [-0.2, -0.15) is 0 Å². The van der Waals surface area contributed by atoms with Gasteiger partial charge in [-0.05, 0) is 43.5 Å². The van der Waals surface area contributed by atoms with Crippen molar-refractivity contribution in [2.75, 3.05) is 19.6 Å². The Morgan fingerprint density at radius 3 is 3.04 bits per heavy atom. The molecule has 3 amide bonds. The van der Waals surface area contributed by atoms with Gasteiger partial charge in [0, 0.05) is 49.2 Å². The minimum Gasteiger partial charge on any atom is -0.361 e. The number of nitrogens with zero attached hydrogens (tertiary/aromatic N) is 1. The minimum absolute atomic E-state index is 0.107. The second kappa shape index (κ2) is 7.55. The molecule has 134 valence electrons. The summed E-state index contributed by atoms with van der Waals surface area (Å²) in [4.78, 5) is 28.4. The van der Waals surface area contributed by atoms with E-state index in [4.69, 9.17) is 0 Å². The number of likely N-dealkylation sites (tertiary alicyclic amines) is 1. The molecule has 0 spiro atoms. The van der Waals surface area contributed by atoms with E-state index in [9.17, 15) is 14.0 Å². The van der Waals surface area contributed by atoms with Gasteiger partial charge >= 0.3 is 6.03 Å². The van der Waals surface area contributed by atoms with Crippen molar-refractivity contribution in [2.45, 2.75) is 32.2 Å². The molecule has 3 N–H and O–H groups in total. The molecule has 6 nitrogen and oxygen atoms in total. The predicted molar refractivity (Wildman–Crippen MR) is 93.8 cm³/mol. The average molecular weight is 346 g/mol. The Kier molecular flexibility index (Phi) is 5.21. The zero-order valence-corrected chi connectivity index (χ0v) is 14.3. The Morgan fingerprint density at radius 1 is 1.44 bits per heavy atom. The maximum atomic E-state index is 13.4. The second-order valence-electron chi connectivity index (χ2n) is 6.50. The number of rotatable bonds is 6. The van der Waals surface area contributed by atoms with Gasteiger partial charge in [0.05, 0.1) is 0 Å². The highest BCUT2D eigenvalue weighted by molar-refractivity contribution is 5.83. The third kappa shape index (κ3) is 4.29. The summed E-state index contributed by atoms with van der Waals surface area (Å²) in [6.07, 6.45) is 3.94. The van der Waals surface area contributed by atoms with E-state index >= 15 is 0 Å². The molecule has 1 aliphatic heterocycles. The monoisotopic (exact) mass is 346 g/mol. The number of carbonyl (C=O) groups is 2.